The van der Waals surface area contributed by atoms with E-state index in [1.54, 1.807) is 6.08 Å². The minimum atomic E-state index is 0.501. The second-order valence-corrected chi connectivity index (χ2v) is 2.82. The van der Waals surface area contributed by atoms with Crippen molar-refractivity contribution in [1.29, 1.82) is 5.41 Å². The first-order valence-corrected chi connectivity index (χ1v) is 4.84. The highest BCUT2D eigenvalue weighted by atomic mass is 14.3. The number of hydrogen-bond acceptors (Lipinski definition) is 1. The Bertz CT molecular complexity index is 219. The molecule has 1 aliphatic rings. The summed E-state index contributed by atoms with van der Waals surface area (Å²) >= 11 is 0. The van der Waals surface area contributed by atoms with Crippen molar-refractivity contribution < 1.29 is 0 Å². The van der Waals surface area contributed by atoms with Crippen LogP contribution in [0.4, 0.5) is 0 Å². The van der Waals surface area contributed by atoms with Gasteiger partial charge in [-0.2, -0.15) is 0 Å². The van der Waals surface area contributed by atoms with Crippen molar-refractivity contribution in [2.24, 2.45) is 5.92 Å². The van der Waals surface area contributed by atoms with Gasteiger partial charge in [0.2, 0.25) is 0 Å². The summed E-state index contributed by atoms with van der Waals surface area (Å²) in [4.78, 5) is 0. The fourth-order valence-electron chi connectivity index (χ4n) is 1.20. The van der Waals surface area contributed by atoms with Crippen molar-refractivity contribution in [3.05, 3.63) is 36.0 Å². The van der Waals surface area contributed by atoms with E-state index in [0.29, 0.717) is 5.92 Å². The zero-order chi connectivity index (χ0) is 10.1. The summed E-state index contributed by atoms with van der Waals surface area (Å²) in [5, 5.41) is 6.82. The van der Waals surface area contributed by atoms with Gasteiger partial charge in [0, 0.05) is 6.21 Å². The maximum absolute atomic E-state index is 6.82. The van der Waals surface area contributed by atoms with E-state index in [0.717, 1.165) is 6.42 Å². The zero-order valence-corrected chi connectivity index (χ0v) is 8.75. The van der Waals surface area contributed by atoms with Crippen LogP contribution in [-0.4, -0.2) is 6.21 Å². The maximum Gasteiger partial charge on any atom is 0.0174 e. The summed E-state index contributed by atoms with van der Waals surface area (Å²) in [7, 11) is 0. The van der Waals surface area contributed by atoms with E-state index in [1.807, 2.05) is 13.8 Å². The lowest BCUT2D eigenvalue weighted by molar-refractivity contribution is 0.784. The summed E-state index contributed by atoms with van der Waals surface area (Å²) in [6.45, 7) is 6.13. The molecule has 72 valence electrons. The normalized spacial score (nSPS) is 20.5. The van der Waals surface area contributed by atoms with E-state index in [2.05, 4.69) is 31.2 Å². The van der Waals surface area contributed by atoms with Crippen molar-refractivity contribution >= 4 is 6.21 Å². The highest BCUT2D eigenvalue weighted by Gasteiger charge is 2.03. The van der Waals surface area contributed by atoms with Crippen LogP contribution in [0.2, 0.25) is 0 Å². The van der Waals surface area contributed by atoms with E-state index in [4.69, 9.17) is 5.41 Å². The molecule has 1 nitrogen and oxygen atoms in total. The molecule has 13 heavy (non-hydrogen) atoms. The van der Waals surface area contributed by atoms with E-state index in [9.17, 15) is 0 Å². The van der Waals surface area contributed by atoms with Crippen molar-refractivity contribution in [2.45, 2.75) is 27.2 Å². The van der Waals surface area contributed by atoms with Crippen molar-refractivity contribution in [1.82, 2.24) is 0 Å². The maximum atomic E-state index is 6.82. The predicted molar refractivity (Wildman–Crippen MR) is 60.3 cm³/mol. The molecule has 1 unspecified atom stereocenters. The first kappa shape index (κ1) is 11.9. The second-order valence-electron chi connectivity index (χ2n) is 2.82. The molecule has 0 heterocycles. The van der Waals surface area contributed by atoms with Crippen LogP contribution in [0.3, 0.4) is 0 Å². The van der Waals surface area contributed by atoms with Gasteiger partial charge < -0.3 is 5.41 Å². The summed E-state index contributed by atoms with van der Waals surface area (Å²) in [5.74, 6) is 0.501. The van der Waals surface area contributed by atoms with Gasteiger partial charge in [-0.1, -0.05) is 43.7 Å². The molecule has 1 aliphatic carbocycles. The van der Waals surface area contributed by atoms with E-state index in [-0.39, 0.29) is 0 Å². The van der Waals surface area contributed by atoms with Gasteiger partial charge in [-0.3, -0.25) is 0 Å². The Morgan fingerprint density at radius 1 is 1.46 bits per heavy atom. The van der Waals surface area contributed by atoms with E-state index in [1.165, 1.54) is 11.8 Å². The SMILES string of the molecule is CC.CC1=CC=CC(/C=C\C=N)C1. The first-order chi connectivity index (χ1) is 6.33. The topological polar surface area (TPSA) is 23.9 Å². The van der Waals surface area contributed by atoms with Gasteiger partial charge in [0.05, 0.1) is 0 Å². The quantitative estimate of drug-likeness (QED) is 0.621. The minimum Gasteiger partial charge on any atom is -0.309 e. The van der Waals surface area contributed by atoms with Gasteiger partial charge in [0.15, 0.2) is 0 Å². The van der Waals surface area contributed by atoms with E-state index >= 15 is 0 Å². The largest absolute Gasteiger partial charge is 0.309 e. The van der Waals surface area contributed by atoms with Crippen LogP contribution in [0.5, 0.6) is 0 Å². The molecule has 0 saturated heterocycles. The Morgan fingerprint density at radius 3 is 2.69 bits per heavy atom. The molecule has 0 aromatic heterocycles. The fourth-order valence-corrected chi connectivity index (χ4v) is 1.20. The Balaban J connectivity index is 0.000000671. The summed E-state index contributed by atoms with van der Waals surface area (Å²) < 4.78 is 0. The molecular formula is C12H19N. The van der Waals surface area contributed by atoms with Crippen molar-refractivity contribution in [2.75, 3.05) is 0 Å². The Morgan fingerprint density at radius 2 is 2.15 bits per heavy atom. The van der Waals surface area contributed by atoms with Crippen LogP contribution in [0.25, 0.3) is 0 Å². The molecule has 0 aliphatic heterocycles. The van der Waals surface area contributed by atoms with Gasteiger partial charge in [0.25, 0.3) is 0 Å². The number of rotatable bonds is 2. The fraction of sp³-hybridized carbons (Fsp3) is 0.417. The molecule has 0 aromatic rings. The molecule has 0 bridgehead atoms. The molecule has 1 rings (SSSR count). The molecule has 1 N–H and O–H groups in total. The second kappa shape index (κ2) is 7.53. The standard InChI is InChI=1S/C10H13N.C2H6/c1-9-4-2-5-10(8-9)6-3-7-11;1-2/h2-7,10-11H,8H2,1H3;1-2H3/b6-3-,11-7?;. The summed E-state index contributed by atoms with van der Waals surface area (Å²) in [5.41, 5.74) is 1.41. The molecule has 0 saturated carbocycles. The Hall–Kier alpha value is -1.11. The lowest BCUT2D eigenvalue weighted by Crippen LogP contribution is -1.96. The predicted octanol–water partition coefficient (Wildman–Crippen LogP) is 3.74. The van der Waals surface area contributed by atoms with Crippen LogP contribution in [0, 0.1) is 11.3 Å². The number of hydrogen-bond donors (Lipinski definition) is 1. The molecule has 1 atom stereocenters. The molecule has 0 aromatic carbocycles. The Kier molecular flexibility index (Phi) is 6.89. The lowest BCUT2D eigenvalue weighted by atomic mass is 9.95. The zero-order valence-electron chi connectivity index (χ0n) is 8.75. The third-order valence-electron chi connectivity index (χ3n) is 1.75. The number of nitrogens with one attached hydrogen (secondary N) is 1. The molecule has 1 heteroatoms. The minimum absolute atomic E-state index is 0.501. The van der Waals surface area contributed by atoms with Gasteiger partial charge in [0.1, 0.15) is 0 Å². The summed E-state index contributed by atoms with van der Waals surface area (Å²) in [6, 6.07) is 0. The van der Waals surface area contributed by atoms with Gasteiger partial charge in [-0.25, -0.2) is 0 Å². The number of allylic oxidation sites excluding steroid dienone is 6. The van der Waals surface area contributed by atoms with Crippen LogP contribution in [-0.2, 0) is 0 Å². The molecule has 0 radical (unpaired) electrons. The van der Waals surface area contributed by atoms with Gasteiger partial charge >= 0.3 is 0 Å². The van der Waals surface area contributed by atoms with Crippen LogP contribution < -0.4 is 0 Å². The van der Waals surface area contributed by atoms with Gasteiger partial charge in [-0.15, -0.1) is 0 Å². The smallest absolute Gasteiger partial charge is 0.0174 e. The third kappa shape index (κ3) is 5.18. The third-order valence-corrected chi connectivity index (χ3v) is 1.75. The lowest BCUT2D eigenvalue weighted by Gasteiger charge is -2.10. The molecule has 0 fully saturated rings. The van der Waals surface area contributed by atoms with Crippen molar-refractivity contribution in [3.63, 3.8) is 0 Å². The van der Waals surface area contributed by atoms with Crippen molar-refractivity contribution in [3.8, 4) is 0 Å². The molecular weight excluding hydrogens is 158 g/mol. The molecule has 0 amide bonds. The van der Waals surface area contributed by atoms with E-state index < -0.39 is 0 Å². The van der Waals surface area contributed by atoms with Crippen LogP contribution in [0.15, 0.2) is 36.0 Å². The van der Waals surface area contributed by atoms with Crippen LogP contribution >= 0.6 is 0 Å². The average Bonchev–Trinajstić information content (AvgIpc) is 2.18. The highest BCUT2D eigenvalue weighted by Crippen LogP contribution is 2.18. The summed E-state index contributed by atoms with van der Waals surface area (Å²) in [6.07, 6.45) is 12.6. The van der Waals surface area contributed by atoms with Gasteiger partial charge in [-0.05, 0) is 25.3 Å². The monoisotopic (exact) mass is 177 g/mol. The first-order valence-electron chi connectivity index (χ1n) is 4.84. The molecule has 0 spiro atoms. The highest BCUT2D eigenvalue weighted by molar-refractivity contribution is 5.67. The average molecular weight is 177 g/mol. The Labute approximate surface area is 81.4 Å². The van der Waals surface area contributed by atoms with Crippen LogP contribution in [0.1, 0.15) is 27.2 Å².